The summed E-state index contributed by atoms with van der Waals surface area (Å²) in [6.45, 7) is 4.26. The van der Waals surface area contributed by atoms with Gasteiger partial charge in [-0.05, 0) is 29.3 Å². The highest BCUT2D eigenvalue weighted by Gasteiger charge is 2.16. The van der Waals surface area contributed by atoms with Crippen molar-refractivity contribution in [1.29, 1.82) is 0 Å². The molecule has 0 heterocycles. The highest BCUT2D eigenvalue weighted by atomic mass is 16.3. The molecule has 0 radical (unpaired) electrons. The van der Waals surface area contributed by atoms with Gasteiger partial charge in [-0.25, -0.2) is 0 Å². The van der Waals surface area contributed by atoms with Crippen LogP contribution >= 0.6 is 0 Å². The Kier molecular flexibility index (Phi) is 4.23. The van der Waals surface area contributed by atoms with Gasteiger partial charge in [0.1, 0.15) is 0 Å². The van der Waals surface area contributed by atoms with E-state index in [1.165, 1.54) is 10.8 Å². The first-order chi connectivity index (χ1) is 9.02. The zero-order valence-corrected chi connectivity index (χ0v) is 12.1. The summed E-state index contributed by atoms with van der Waals surface area (Å²) < 4.78 is 0.949. The second-order valence-electron chi connectivity index (χ2n) is 5.89. The maximum absolute atomic E-state index is 10.3. The third-order valence-corrected chi connectivity index (χ3v) is 4.02. The number of rotatable bonds is 5. The fourth-order valence-electron chi connectivity index (χ4n) is 2.21. The Morgan fingerprint density at radius 1 is 1.05 bits per heavy atom. The van der Waals surface area contributed by atoms with E-state index in [-0.39, 0.29) is 6.10 Å². The van der Waals surface area contributed by atoms with Crippen LogP contribution in [0.5, 0.6) is 0 Å². The zero-order chi connectivity index (χ0) is 13.9. The molecule has 0 aliphatic carbocycles. The molecule has 19 heavy (non-hydrogen) atoms. The third kappa shape index (κ3) is 3.55. The monoisotopic (exact) mass is 258 g/mol. The van der Waals surface area contributed by atoms with Gasteiger partial charge in [-0.15, -0.1) is 0 Å². The molecule has 2 aromatic carbocycles. The van der Waals surface area contributed by atoms with Crippen molar-refractivity contribution >= 4 is 10.8 Å². The molecule has 0 spiro atoms. The van der Waals surface area contributed by atoms with Crippen LogP contribution in [0.1, 0.15) is 25.0 Å². The lowest BCUT2D eigenvalue weighted by atomic mass is 10.0. The minimum absolute atomic E-state index is 0.367. The molecule has 0 bridgehead atoms. The Hall–Kier alpha value is -1.38. The minimum atomic E-state index is -0.367. The van der Waals surface area contributed by atoms with Gasteiger partial charge in [0.15, 0.2) is 0 Å². The number of aliphatic hydroxyl groups excluding tert-OH is 1. The molecule has 1 N–H and O–H groups in total. The number of hydrogen-bond acceptors (Lipinski definition) is 1. The van der Waals surface area contributed by atoms with Crippen molar-refractivity contribution in [3.63, 3.8) is 0 Å². The normalized spacial score (nSPS) is 13.7. The first kappa shape index (κ1) is 14.0. The Balaban J connectivity index is 2.11. The average Bonchev–Trinajstić information content (AvgIpc) is 2.44. The summed E-state index contributed by atoms with van der Waals surface area (Å²) in [6.07, 6.45) is 0.438. The number of hydrogen-bond donors (Lipinski definition) is 1. The molecule has 0 fully saturated rings. The lowest BCUT2D eigenvalue weighted by molar-refractivity contribution is -0.889. The van der Waals surface area contributed by atoms with E-state index in [0.29, 0.717) is 0 Å². The smallest absolute Gasteiger partial charge is 0.0843 e. The van der Waals surface area contributed by atoms with Crippen molar-refractivity contribution in [2.45, 2.75) is 19.4 Å². The minimum Gasteiger partial charge on any atom is -0.388 e. The number of quaternary nitrogens is 1. The largest absolute Gasteiger partial charge is 0.388 e. The van der Waals surface area contributed by atoms with Crippen molar-refractivity contribution in [3.8, 4) is 0 Å². The lowest BCUT2D eigenvalue weighted by Gasteiger charge is -2.29. The lowest BCUT2D eigenvalue weighted by Crippen LogP contribution is -2.40. The summed E-state index contributed by atoms with van der Waals surface area (Å²) in [6, 6.07) is 14.5. The van der Waals surface area contributed by atoms with Crippen LogP contribution in [0.15, 0.2) is 42.5 Å². The Morgan fingerprint density at radius 2 is 1.74 bits per heavy atom. The molecule has 2 heteroatoms. The van der Waals surface area contributed by atoms with Gasteiger partial charge in [0, 0.05) is 6.42 Å². The van der Waals surface area contributed by atoms with Gasteiger partial charge in [-0.3, -0.25) is 0 Å². The summed E-state index contributed by atoms with van der Waals surface area (Å²) in [7, 11) is 4.40. The Labute approximate surface area is 115 Å². The van der Waals surface area contributed by atoms with Gasteiger partial charge in [-0.2, -0.15) is 0 Å². The summed E-state index contributed by atoms with van der Waals surface area (Å²) in [5.74, 6) is 0. The van der Waals surface area contributed by atoms with E-state index in [1.54, 1.807) is 0 Å². The second kappa shape index (κ2) is 5.72. The van der Waals surface area contributed by atoms with Gasteiger partial charge in [-0.1, -0.05) is 36.4 Å². The standard InChI is InChI=1S/C17H24NO/c1-4-18(2,3)12-11-17(19)16-10-9-14-7-5-6-8-15(14)13-16/h5-10,13,17,19H,4,11-12H2,1-3H3/q+1. The van der Waals surface area contributed by atoms with Crippen LogP contribution in [0.2, 0.25) is 0 Å². The highest BCUT2D eigenvalue weighted by Crippen LogP contribution is 2.23. The molecular weight excluding hydrogens is 234 g/mol. The maximum atomic E-state index is 10.3. The topological polar surface area (TPSA) is 20.2 Å². The molecular formula is C17H24NO+. The molecule has 0 aliphatic heterocycles. The molecule has 0 aromatic heterocycles. The molecule has 0 amide bonds. The summed E-state index contributed by atoms with van der Waals surface area (Å²) in [5.41, 5.74) is 1.02. The highest BCUT2D eigenvalue weighted by molar-refractivity contribution is 5.83. The van der Waals surface area contributed by atoms with Gasteiger partial charge in [0.05, 0.1) is 33.3 Å². The quantitative estimate of drug-likeness (QED) is 0.815. The van der Waals surface area contributed by atoms with Gasteiger partial charge in [0.2, 0.25) is 0 Å². The van der Waals surface area contributed by atoms with Gasteiger partial charge < -0.3 is 9.59 Å². The number of nitrogens with zero attached hydrogens (tertiary/aromatic N) is 1. The van der Waals surface area contributed by atoms with E-state index in [4.69, 9.17) is 0 Å². The van der Waals surface area contributed by atoms with Crippen molar-refractivity contribution in [1.82, 2.24) is 0 Å². The van der Waals surface area contributed by atoms with E-state index < -0.39 is 0 Å². The summed E-state index contributed by atoms with van der Waals surface area (Å²) >= 11 is 0. The van der Waals surface area contributed by atoms with E-state index in [9.17, 15) is 5.11 Å². The van der Waals surface area contributed by atoms with Crippen LogP contribution in [-0.2, 0) is 0 Å². The van der Waals surface area contributed by atoms with Crippen molar-refractivity contribution in [3.05, 3.63) is 48.0 Å². The molecule has 0 saturated heterocycles. The summed E-state index contributed by atoms with van der Waals surface area (Å²) in [5, 5.41) is 12.8. The van der Waals surface area contributed by atoms with Crippen LogP contribution in [0.3, 0.4) is 0 Å². The predicted molar refractivity (Wildman–Crippen MR) is 81.0 cm³/mol. The van der Waals surface area contributed by atoms with Crippen molar-refractivity contribution in [2.24, 2.45) is 0 Å². The van der Waals surface area contributed by atoms with Gasteiger partial charge in [0.25, 0.3) is 0 Å². The molecule has 0 saturated carbocycles. The average molecular weight is 258 g/mol. The van der Waals surface area contributed by atoms with E-state index in [2.05, 4.69) is 45.3 Å². The van der Waals surface area contributed by atoms with Crippen LogP contribution in [-0.4, -0.2) is 36.8 Å². The number of fused-ring (bicyclic) bond motifs is 1. The summed E-state index contributed by atoms with van der Waals surface area (Å²) in [4.78, 5) is 0. The Morgan fingerprint density at radius 3 is 2.42 bits per heavy atom. The molecule has 2 rings (SSSR count). The van der Waals surface area contributed by atoms with Gasteiger partial charge >= 0.3 is 0 Å². The van der Waals surface area contributed by atoms with E-state index in [0.717, 1.165) is 29.6 Å². The fraction of sp³-hybridized carbons (Fsp3) is 0.412. The molecule has 2 aromatic rings. The third-order valence-electron chi connectivity index (χ3n) is 4.02. The Bertz CT molecular complexity index is 548. The first-order valence-electron chi connectivity index (χ1n) is 7.00. The molecule has 1 atom stereocenters. The molecule has 0 aliphatic rings. The number of aliphatic hydroxyl groups is 1. The molecule has 1 unspecified atom stereocenters. The second-order valence-corrected chi connectivity index (χ2v) is 5.89. The SMILES string of the molecule is CC[N+](C)(C)CCC(O)c1ccc2ccccc2c1. The van der Waals surface area contributed by atoms with Crippen molar-refractivity contribution < 1.29 is 9.59 Å². The van der Waals surface area contributed by atoms with E-state index >= 15 is 0 Å². The molecule has 102 valence electrons. The van der Waals surface area contributed by atoms with Crippen LogP contribution < -0.4 is 0 Å². The fourth-order valence-corrected chi connectivity index (χ4v) is 2.21. The van der Waals surface area contributed by atoms with E-state index in [1.807, 2.05) is 18.2 Å². The maximum Gasteiger partial charge on any atom is 0.0843 e. The number of benzene rings is 2. The zero-order valence-electron chi connectivity index (χ0n) is 12.1. The van der Waals surface area contributed by atoms with Crippen molar-refractivity contribution in [2.75, 3.05) is 27.2 Å². The predicted octanol–water partition coefficient (Wildman–Crippen LogP) is 3.36. The van der Waals surface area contributed by atoms with Crippen LogP contribution in [0.4, 0.5) is 0 Å². The molecule has 2 nitrogen and oxygen atoms in total. The first-order valence-corrected chi connectivity index (χ1v) is 7.00. The van der Waals surface area contributed by atoms with Crippen LogP contribution in [0.25, 0.3) is 10.8 Å². The van der Waals surface area contributed by atoms with Crippen LogP contribution in [0, 0.1) is 0 Å².